The third kappa shape index (κ3) is 3.26. The van der Waals surface area contributed by atoms with Gasteiger partial charge in [0.15, 0.2) is 0 Å². The Hall–Kier alpha value is -1.22. The van der Waals surface area contributed by atoms with E-state index in [1.165, 1.54) is 24.3 Å². The molecule has 76 valence electrons. The van der Waals surface area contributed by atoms with Gasteiger partial charge in [0.1, 0.15) is 5.75 Å². The second-order valence-electron chi connectivity index (χ2n) is 2.73. The largest absolute Gasteiger partial charge is 0.508 e. The lowest BCUT2D eigenvalue weighted by Gasteiger charge is -2.02. The third-order valence-corrected chi connectivity index (χ3v) is 1.88. The smallest absolute Gasteiger partial charge is 0.338 e. The summed E-state index contributed by atoms with van der Waals surface area (Å²) in [5.41, 5.74) is 0.428. The number of alkyl halides is 1. The first-order valence-corrected chi connectivity index (χ1v) is 4.79. The summed E-state index contributed by atoms with van der Waals surface area (Å²) in [5, 5.41) is 8.98. The minimum Gasteiger partial charge on any atom is -0.508 e. The summed E-state index contributed by atoms with van der Waals surface area (Å²) < 4.78 is 4.90. The Morgan fingerprint density at radius 1 is 1.36 bits per heavy atom. The third-order valence-electron chi connectivity index (χ3n) is 1.61. The normalized spacial score (nSPS) is 9.79. The molecule has 14 heavy (non-hydrogen) atoms. The van der Waals surface area contributed by atoms with Gasteiger partial charge in [-0.1, -0.05) is 0 Å². The molecule has 1 N–H and O–H groups in total. The number of rotatable bonds is 4. The minimum absolute atomic E-state index is 0.127. The van der Waals surface area contributed by atoms with Crippen molar-refractivity contribution in [3.05, 3.63) is 29.8 Å². The summed E-state index contributed by atoms with van der Waals surface area (Å²) in [5.74, 6) is 0.209. The van der Waals surface area contributed by atoms with Gasteiger partial charge >= 0.3 is 5.97 Å². The van der Waals surface area contributed by atoms with Crippen molar-refractivity contribution < 1.29 is 14.6 Å². The average molecular weight is 215 g/mol. The summed E-state index contributed by atoms with van der Waals surface area (Å²) in [4.78, 5) is 11.3. The maximum absolute atomic E-state index is 11.3. The zero-order valence-electron chi connectivity index (χ0n) is 7.57. The first kappa shape index (κ1) is 10.9. The van der Waals surface area contributed by atoms with E-state index in [1.54, 1.807) is 0 Å². The van der Waals surface area contributed by atoms with E-state index in [0.29, 0.717) is 24.5 Å². The molecule has 1 aromatic carbocycles. The molecular formula is C10H11ClO3. The summed E-state index contributed by atoms with van der Waals surface area (Å²) in [6, 6.07) is 5.91. The number of halogens is 1. The minimum atomic E-state index is -0.393. The van der Waals surface area contributed by atoms with Crippen molar-refractivity contribution in [2.45, 2.75) is 6.42 Å². The van der Waals surface area contributed by atoms with Crippen LogP contribution in [-0.4, -0.2) is 23.6 Å². The van der Waals surface area contributed by atoms with Gasteiger partial charge in [-0.2, -0.15) is 0 Å². The van der Waals surface area contributed by atoms with E-state index < -0.39 is 5.97 Å². The molecule has 0 bridgehead atoms. The van der Waals surface area contributed by atoms with Gasteiger partial charge in [0.2, 0.25) is 0 Å². The number of phenolic OH excluding ortho intramolecular Hbond substituents is 1. The molecule has 0 aliphatic heterocycles. The van der Waals surface area contributed by atoms with Crippen molar-refractivity contribution in [1.82, 2.24) is 0 Å². The van der Waals surface area contributed by atoms with Gasteiger partial charge in [-0.05, 0) is 30.7 Å². The molecule has 0 aliphatic rings. The van der Waals surface area contributed by atoms with Crippen LogP contribution in [0.25, 0.3) is 0 Å². The lowest BCUT2D eigenvalue weighted by Crippen LogP contribution is -2.06. The van der Waals surface area contributed by atoms with Crippen molar-refractivity contribution >= 4 is 17.6 Å². The molecular weight excluding hydrogens is 204 g/mol. The molecule has 0 amide bonds. The highest BCUT2D eigenvalue weighted by atomic mass is 35.5. The molecule has 0 radical (unpaired) electrons. The number of benzene rings is 1. The number of carbonyl (C=O) groups excluding carboxylic acids is 1. The van der Waals surface area contributed by atoms with Gasteiger partial charge in [-0.25, -0.2) is 4.79 Å². The number of carbonyl (C=O) groups is 1. The Morgan fingerprint density at radius 3 is 2.57 bits per heavy atom. The quantitative estimate of drug-likeness (QED) is 0.475. The number of hydrogen-bond donors (Lipinski definition) is 1. The highest BCUT2D eigenvalue weighted by Crippen LogP contribution is 2.10. The van der Waals surface area contributed by atoms with E-state index in [2.05, 4.69) is 0 Å². The van der Waals surface area contributed by atoms with Crippen molar-refractivity contribution in [3.63, 3.8) is 0 Å². The van der Waals surface area contributed by atoms with Gasteiger partial charge in [0.05, 0.1) is 12.2 Å². The molecule has 3 nitrogen and oxygen atoms in total. The molecule has 4 heteroatoms. The Kier molecular flexibility index (Phi) is 4.26. The lowest BCUT2D eigenvalue weighted by molar-refractivity contribution is 0.0506. The average Bonchev–Trinajstić information content (AvgIpc) is 2.19. The SMILES string of the molecule is O=C(OCCCCl)c1ccc(O)cc1. The number of ether oxygens (including phenoxy) is 1. The standard InChI is InChI=1S/C10H11ClO3/c11-6-1-7-14-10(13)8-2-4-9(12)5-3-8/h2-5,12H,1,6-7H2. The topological polar surface area (TPSA) is 46.5 Å². The van der Waals surface area contributed by atoms with Crippen LogP contribution in [0.15, 0.2) is 24.3 Å². The molecule has 0 atom stereocenters. The second-order valence-corrected chi connectivity index (χ2v) is 3.10. The fourth-order valence-corrected chi connectivity index (χ4v) is 1.01. The van der Waals surface area contributed by atoms with Gasteiger partial charge in [-0.15, -0.1) is 11.6 Å². The van der Waals surface area contributed by atoms with Crippen LogP contribution in [0.5, 0.6) is 5.75 Å². The molecule has 1 aromatic rings. The Balaban J connectivity index is 2.48. The summed E-state index contributed by atoms with van der Waals surface area (Å²) in [6.45, 7) is 0.323. The van der Waals surface area contributed by atoms with Crippen LogP contribution in [0.2, 0.25) is 0 Å². The van der Waals surface area contributed by atoms with E-state index in [-0.39, 0.29) is 5.75 Å². The first-order chi connectivity index (χ1) is 6.74. The summed E-state index contributed by atoms with van der Waals surface area (Å²) in [7, 11) is 0. The van der Waals surface area contributed by atoms with E-state index in [0.717, 1.165) is 0 Å². The zero-order chi connectivity index (χ0) is 10.4. The van der Waals surface area contributed by atoms with Crippen molar-refractivity contribution in [2.24, 2.45) is 0 Å². The maximum Gasteiger partial charge on any atom is 0.338 e. The molecule has 0 aromatic heterocycles. The van der Waals surface area contributed by atoms with Crippen LogP contribution >= 0.6 is 11.6 Å². The molecule has 0 fully saturated rings. The number of phenols is 1. The number of hydrogen-bond acceptors (Lipinski definition) is 3. The molecule has 0 spiro atoms. The van der Waals surface area contributed by atoms with Crippen LogP contribution < -0.4 is 0 Å². The Morgan fingerprint density at radius 2 is 2.00 bits per heavy atom. The second kappa shape index (κ2) is 5.50. The summed E-state index contributed by atoms with van der Waals surface area (Å²) >= 11 is 5.43. The Labute approximate surface area is 87.3 Å². The van der Waals surface area contributed by atoms with Gasteiger partial charge in [0, 0.05) is 5.88 Å². The molecule has 0 heterocycles. The predicted molar refractivity (Wildman–Crippen MR) is 53.7 cm³/mol. The number of esters is 1. The van der Waals surface area contributed by atoms with Crippen LogP contribution in [0.1, 0.15) is 16.8 Å². The zero-order valence-corrected chi connectivity index (χ0v) is 8.33. The van der Waals surface area contributed by atoms with E-state index in [9.17, 15) is 4.79 Å². The van der Waals surface area contributed by atoms with E-state index in [1.807, 2.05) is 0 Å². The molecule has 0 saturated carbocycles. The summed E-state index contributed by atoms with van der Waals surface area (Å²) in [6.07, 6.45) is 0.644. The van der Waals surface area contributed by atoms with Crippen molar-refractivity contribution in [1.29, 1.82) is 0 Å². The van der Waals surface area contributed by atoms with Crippen LogP contribution in [0.4, 0.5) is 0 Å². The van der Waals surface area contributed by atoms with Gasteiger partial charge in [0.25, 0.3) is 0 Å². The van der Waals surface area contributed by atoms with Crippen molar-refractivity contribution in [3.8, 4) is 5.75 Å². The monoisotopic (exact) mass is 214 g/mol. The van der Waals surface area contributed by atoms with Crippen LogP contribution in [-0.2, 0) is 4.74 Å². The van der Waals surface area contributed by atoms with Gasteiger partial charge in [-0.3, -0.25) is 0 Å². The van der Waals surface area contributed by atoms with E-state index in [4.69, 9.17) is 21.4 Å². The van der Waals surface area contributed by atoms with Gasteiger partial charge < -0.3 is 9.84 Å². The molecule has 1 rings (SSSR count). The lowest BCUT2D eigenvalue weighted by atomic mass is 10.2. The fraction of sp³-hybridized carbons (Fsp3) is 0.300. The Bertz CT molecular complexity index is 295. The molecule has 0 unspecified atom stereocenters. The fourth-order valence-electron chi connectivity index (χ4n) is 0.900. The highest BCUT2D eigenvalue weighted by molar-refractivity contribution is 6.17. The predicted octanol–water partition coefficient (Wildman–Crippen LogP) is 2.18. The maximum atomic E-state index is 11.3. The first-order valence-electron chi connectivity index (χ1n) is 4.26. The molecule has 0 aliphatic carbocycles. The van der Waals surface area contributed by atoms with Crippen LogP contribution in [0.3, 0.4) is 0 Å². The highest BCUT2D eigenvalue weighted by Gasteiger charge is 2.05. The van der Waals surface area contributed by atoms with E-state index >= 15 is 0 Å². The molecule has 0 saturated heterocycles. The number of aromatic hydroxyl groups is 1. The van der Waals surface area contributed by atoms with Crippen molar-refractivity contribution in [2.75, 3.05) is 12.5 Å². The van der Waals surface area contributed by atoms with Crippen LogP contribution in [0, 0.1) is 0 Å².